The minimum absolute atomic E-state index is 0. The van der Waals surface area contributed by atoms with Crippen molar-refractivity contribution in [3.8, 4) is 0 Å². The Morgan fingerprint density at radius 3 is 2.52 bits per heavy atom. The largest absolute Gasteiger partial charge is 0.469 e. The van der Waals surface area contributed by atoms with Gasteiger partial charge in [0.25, 0.3) is 0 Å². The Labute approximate surface area is 143 Å². The molecular weight excluding hydrogens is 381 g/mol. The number of carbonyl (C=O) groups excluding carboxylic acids is 1. The SMILES string of the molecule is COC(=O)CCCCCCN=C(N)Nc1ccccc1.I. The molecule has 0 aliphatic carbocycles. The molecule has 0 aliphatic heterocycles. The summed E-state index contributed by atoms with van der Waals surface area (Å²) < 4.78 is 4.58. The van der Waals surface area contributed by atoms with Gasteiger partial charge in [-0.1, -0.05) is 31.0 Å². The van der Waals surface area contributed by atoms with Crippen LogP contribution in [0.4, 0.5) is 5.69 Å². The highest BCUT2D eigenvalue weighted by Gasteiger charge is 1.99. The van der Waals surface area contributed by atoms with Crippen molar-refractivity contribution in [1.82, 2.24) is 0 Å². The number of para-hydroxylation sites is 1. The molecule has 1 rings (SSSR count). The van der Waals surface area contributed by atoms with Gasteiger partial charge in [0.05, 0.1) is 7.11 Å². The van der Waals surface area contributed by atoms with Crippen LogP contribution in [-0.4, -0.2) is 25.6 Å². The third-order valence-corrected chi connectivity index (χ3v) is 2.85. The Kier molecular flexibility index (Phi) is 11.7. The molecule has 3 N–H and O–H groups in total. The van der Waals surface area contributed by atoms with E-state index in [4.69, 9.17) is 5.73 Å². The Balaban J connectivity index is 0.00000400. The highest BCUT2D eigenvalue weighted by Crippen LogP contribution is 2.05. The van der Waals surface area contributed by atoms with E-state index in [1.165, 1.54) is 7.11 Å². The van der Waals surface area contributed by atoms with Gasteiger partial charge < -0.3 is 15.8 Å². The van der Waals surface area contributed by atoms with E-state index in [0.717, 1.165) is 31.4 Å². The molecule has 1 aromatic rings. The van der Waals surface area contributed by atoms with E-state index < -0.39 is 0 Å². The van der Waals surface area contributed by atoms with Crippen LogP contribution >= 0.6 is 24.0 Å². The Bertz CT molecular complexity index is 424. The zero-order valence-corrected chi connectivity index (χ0v) is 14.7. The number of guanidine groups is 1. The van der Waals surface area contributed by atoms with E-state index in [2.05, 4.69) is 15.0 Å². The zero-order valence-electron chi connectivity index (χ0n) is 12.4. The number of rotatable bonds is 8. The summed E-state index contributed by atoms with van der Waals surface area (Å²) in [4.78, 5) is 15.2. The number of anilines is 1. The summed E-state index contributed by atoms with van der Waals surface area (Å²) >= 11 is 0. The van der Waals surface area contributed by atoms with E-state index in [0.29, 0.717) is 18.9 Å². The quantitative estimate of drug-likeness (QED) is 0.229. The summed E-state index contributed by atoms with van der Waals surface area (Å²) in [6.45, 7) is 0.698. The van der Waals surface area contributed by atoms with Gasteiger partial charge in [0.2, 0.25) is 0 Å². The maximum absolute atomic E-state index is 10.9. The molecule has 0 saturated carbocycles. The van der Waals surface area contributed by atoms with E-state index >= 15 is 0 Å². The number of nitrogens with zero attached hydrogens (tertiary/aromatic N) is 1. The fourth-order valence-electron chi connectivity index (χ4n) is 1.75. The molecule has 21 heavy (non-hydrogen) atoms. The molecule has 0 heterocycles. The molecule has 1 aromatic carbocycles. The molecule has 0 fully saturated rings. The first kappa shape index (κ1) is 19.7. The van der Waals surface area contributed by atoms with Crippen molar-refractivity contribution in [2.24, 2.45) is 10.7 Å². The highest BCUT2D eigenvalue weighted by molar-refractivity contribution is 14.0. The Morgan fingerprint density at radius 1 is 1.19 bits per heavy atom. The molecule has 0 unspecified atom stereocenters. The van der Waals surface area contributed by atoms with Crippen LogP contribution in [-0.2, 0) is 9.53 Å². The maximum atomic E-state index is 10.9. The molecule has 6 heteroatoms. The first-order chi connectivity index (χ1) is 9.72. The minimum Gasteiger partial charge on any atom is -0.469 e. The Hall–Kier alpha value is -1.31. The van der Waals surface area contributed by atoms with Crippen LogP contribution in [0.1, 0.15) is 32.1 Å². The van der Waals surface area contributed by atoms with Gasteiger partial charge in [-0.2, -0.15) is 0 Å². The molecule has 0 bridgehead atoms. The van der Waals surface area contributed by atoms with E-state index in [1.54, 1.807) is 0 Å². The third kappa shape index (κ3) is 10.1. The predicted octanol–water partition coefficient (Wildman–Crippen LogP) is 3.15. The summed E-state index contributed by atoms with van der Waals surface area (Å²) in [5, 5.41) is 3.03. The van der Waals surface area contributed by atoms with Gasteiger partial charge in [-0.25, -0.2) is 0 Å². The fourth-order valence-corrected chi connectivity index (χ4v) is 1.75. The summed E-state index contributed by atoms with van der Waals surface area (Å²) in [6, 6.07) is 9.71. The highest BCUT2D eigenvalue weighted by atomic mass is 127. The van der Waals surface area contributed by atoms with Crippen molar-refractivity contribution < 1.29 is 9.53 Å². The number of unbranched alkanes of at least 4 members (excludes halogenated alkanes) is 3. The summed E-state index contributed by atoms with van der Waals surface area (Å²) in [5.41, 5.74) is 6.72. The topological polar surface area (TPSA) is 76.7 Å². The molecule has 0 atom stereocenters. The first-order valence-corrected chi connectivity index (χ1v) is 6.91. The number of nitrogens with one attached hydrogen (secondary N) is 1. The van der Waals surface area contributed by atoms with Crippen LogP contribution in [0.25, 0.3) is 0 Å². The maximum Gasteiger partial charge on any atom is 0.305 e. The monoisotopic (exact) mass is 405 g/mol. The molecule has 0 spiro atoms. The molecule has 5 nitrogen and oxygen atoms in total. The van der Waals surface area contributed by atoms with Gasteiger partial charge in [-0.15, -0.1) is 24.0 Å². The van der Waals surface area contributed by atoms with Crippen molar-refractivity contribution in [3.63, 3.8) is 0 Å². The molecule has 0 aromatic heterocycles. The van der Waals surface area contributed by atoms with Crippen LogP contribution < -0.4 is 11.1 Å². The molecule has 0 amide bonds. The molecule has 0 aliphatic rings. The average molecular weight is 405 g/mol. The van der Waals surface area contributed by atoms with Gasteiger partial charge in [0, 0.05) is 18.7 Å². The van der Waals surface area contributed by atoms with E-state index in [9.17, 15) is 4.79 Å². The molecule has 0 saturated heterocycles. The van der Waals surface area contributed by atoms with Crippen molar-refractivity contribution >= 4 is 41.6 Å². The number of aliphatic imine (C=N–C) groups is 1. The number of halogens is 1. The van der Waals surface area contributed by atoms with Gasteiger partial charge in [-0.05, 0) is 25.0 Å². The smallest absolute Gasteiger partial charge is 0.305 e. The van der Waals surface area contributed by atoms with Crippen molar-refractivity contribution in [1.29, 1.82) is 0 Å². The second-order valence-electron chi connectivity index (χ2n) is 4.50. The predicted molar refractivity (Wildman–Crippen MR) is 97.1 cm³/mol. The number of benzene rings is 1. The van der Waals surface area contributed by atoms with Gasteiger partial charge in [0.15, 0.2) is 5.96 Å². The Morgan fingerprint density at radius 2 is 1.86 bits per heavy atom. The van der Waals surface area contributed by atoms with Crippen molar-refractivity contribution in [2.75, 3.05) is 19.0 Å². The van der Waals surface area contributed by atoms with E-state index in [-0.39, 0.29) is 29.9 Å². The third-order valence-electron chi connectivity index (χ3n) is 2.85. The van der Waals surface area contributed by atoms with Gasteiger partial charge in [0.1, 0.15) is 0 Å². The van der Waals surface area contributed by atoms with Crippen LogP contribution in [0.15, 0.2) is 35.3 Å². The number of nitrogens with two attached hydrogens (primary N) is 1. The molecule has 118 valence electrons. The lowest BCUT2D eigenvalue weighted by atomic mass is 10.1. The van der Waals surface area contributed by atoms with Gasteiger partial charge >= 0.3 is 5.97 Å². The minimum atomic E-state index is -0.140. The van der Waals surface area contributed by atoms with Crippen LogP contribution in [0.5, 0.6) is 0 Å². The number of carbonyl (C=O) groups is 1. The normalized spacial score (nSPS) is 10.6. The van der Waals surface area contributed by atoms with Crippen molar-refractivity contribution in [2.45, 2.75) is 32.1 Å². The number of esters is 1. The van der Waals surface area contributed by atoms with Crippen molar-refractivity contribution in [3.05, 3.63) is 30.3 Å². The second kappa shape index (κ2) is 12.4. The van der Waals surface area contributed by atoms with Crippen LogP contribution in [0.2, 0.25) is 0 Å². The number of hydrogen-bond acceptors (Lipinski definition) is 3. The molecular formula is C15H24IN3O2. The van der Waals surface area contributed by atoms with Crippen LogP contribution in [0.3, 0.4) is 0 Å². The summed E-state index contributed by atoms with van der Waals surface area (Å²) in [6.07, 6.45) is 4.39. The fraction of sp³-hybridized carbons (Fsp3) is 0.467. The summed E-state index contributed by atoms with van der Waals surface area (Å²) in [7, 11) is 1.42. The van der Waals surface area contributed by atoms with E-state index in [1.807, 2.05) is 30.3 Å². The van der Waals surface area contributed by atoms with Gasteiger partial charge in [-0.3, -0.25) is 9.79 Å². The average Bonchev–Trinajstić information content (AvgIpc) is 2.47. The standard InChI is InChI=1S/C15H23N3O2.HI/c1-20-14(19)11-7-2-3-8-12-17-15(16)18-13-9-5-4-6-10-13;/h4-6,9-10H,2-3,7-8,11-12H2,1H3,(H3,16,17,18);1H. The number of hydrogen-bond donors (Lipinski definition) is 2. The number of methoxy groups -OCH3 is 1. The van der Waals surface area contributed by atoms with Crippen LogP contribution in [0, 0.1) is 0 Å². The lowest BCUT2D eigenvalue weighted by molar-refractivity contribution is -0.140. The zero-order chi connectivity index (χ0) is 14.6. The molecule has 0 radical (unpaired) electrons. The first-order valence-electron chi connectivity index (χ1n) is 6.91. The summed E-state index contributed by atoms with van der Waals surface area (Å²) in [5.74, 6) is 0.296. The second-order valence-corrected chi connectivity index (χ2v) is 4.50. The lowest BCUT2D eigenvalue weighted by Gasteiger charge is -2.05. The number of ether oxygens (including phenoxy) is 1. The lowest BCUT2D eigenvalue weighted by Crippen LogP contribution is -2.22.